The topological polar surface area (TPSA) is 18.5 Å². The van der Waals surface area contributed by atoms with E-state index in [1.165, 1.54) is 25.7 Å². The standard InChI is InChI=1S/C16H33F2O2PS/c1-5-8-9-10-11-12-13-14-15(4)16(17,18)21(22,19-6-2)20-7-3/h15H,5-14H2,1-4H3. The Bertz CT molecular complexity index is 317. The molecule has 22 heavy (non-hydrogen) atoms. The molecule has 1 atom stereocenters. The summed E-state index contributed by atoms with van der Waals surface area (Å²) in [5.74, 6) is -0.799. The van der Waals surface area contributed by atoms with Crippen LogP contribution in [0.3, 0.4) is 0 Å². The minimum absolute atomic E-state index is 0.164. The van der Waals surface area contributed by atoms with Crippen LogP contribution in [0, 0.1) is 5.92 Å². The predicted octanol–water partition coefficient (Wildman–Crippen LogP) is 6.74. The fraction of sp³-hybridized carbons (Fsp3) is 1.00. The Hall–Kier alpha value is 0.430. The lowest BCUT2D eigenvalue weighted by molar-refractivity contribution is 0.00440. The molecule has 0 heterocycles. The third kappa shape index (κ3) is 7.33. The number of alkyl halides is 2. The maximum absolute atomic E-state index is 14.6. The van der Waals surface area contributed by atoms with Crippen LogP contribution >= 0.6 is 6.49 Å². The molecule has 0 aromatic rings. The van der Waals surface area contributed by atoms with Crippen LogP contribution in [0.25, 0.3) is 0 Å². The van der Waals surface area contributed by atoms with Crippen molar-refractivity contribution in [2.45, 2.75) is 84.7 Å². The van der Waals surface area contributed by atoms with Crippen molar-refractivity contribution >= 4 is 18.3 Å². The van der Waals surface area contributed by atoms with E-state index in [0.717, 1.165) is 19.3 Å². The summed E-state index contributed by atoms with van der Waals surface area (Å²) in [6.45, 7) is 3.88. The minimum atomic E-state index is -3.55. The second kappa shape index (κ2) is 11.9. The Morgan fingerprint density at radius 3 is 1.82 bits per heavy atom. The van der Waals surface area contributed by atoms with Crippen molar-refractivity contribution in [1.82, 2.24) is 0 Å². The van der Waals surface area contributed by atoms with Gasteiger partial charge in [0.25, 0.3) is 6.49 Å². The van der Waals surface area contributed by atoms with Crippen LogP contribution in [-0.4, -0.2) is 18.9 Å². The summed E-state index contributed by atoms with van der Waals surface area (Å²) < 4.78 is 39.6. The minimum Gasteiger partial charge on any atom is -0.326 e. The van der Waals surface area contributed by atoms with Gasteiger partial charge in [0.05, 0.1) is 13.2 Å². The van der Waals surface area contributed by atoms with E-state index in [9.17, 15) is 8.78 Å². The van der Waals surface area contributed by atoms with Gasteiger partial charge in [-0.1, -0.05) is 58.8 Å². The smallest absolute Gasteiger partial charge is 0.323 e. The molecule has 134 valence electrons. The molecule has 0 saturated heterocycles. The van der Waals surface area contributed by atoms with Gasteiger partial charge in [0.1, 0.15) is 0 Å². The maximum Gasteiger partial charge on any atom is 0.323 e. The quantitative estimate of drug-likeness (QED) is 0.253. The number of rotatable bonds is 14. The highest BCUT2D eigenvalue weighted by atomic mass is 32.5. The summed E-state index contributed by atoms with van der Waals surface area (Å²) in [5.41, 5.74) is -3.06. The van der Waals surface area contributed by atoms with E-state index >= 15 is 0 Å². The van der Waals surface area contributed by atoms with E-state index in [4.69, 9.17) is 20.9 Å². The molecule has 0 radical (unpaired) electrons. The zero-order valence-corrected chi connectivity index (χ0v) is 16.3. The Kier molecular flexibility index (Phi) is 12.1. The van der Waals surface area contributed by atoms with Gasteiger partial charge >= 0.3 is 5.66 Å². The molecule has 0 aliphatic heterocycles. The normalized spacial score (nSPS) is 14.3. The van der Waals surface area contributed by atoms with E-state index in [-0.39, 0.29) is 13.2 Å². The summed E-state index contributed by atoms with van der Waals surface area (Å²) in [6.07, 6.45) is 8.37. The molecule has 0 aromatic carbocycles. The predicted molar refractivity (Wildman–Crippen MR) is 94.3 cm³/mol. The van der Waals surface area contributed by atoms with Crippen molar-refractivity contribution in [3.8, 4) is 0 Å². The molecule has 2 nitrogen and oxygen atoms in total. The Labute approximate surface area is 140 Å². The zero-order valence-electron chi connectivity index (χ0n) is 14.6. The van der Waals surface area contributed by atoms with Gasteiger partial charge in [0.15, 0.2) is 0 Å². The van der Waals surface area contributed by atoms with Crippen LogP contribution in [0.5, 0.6) is 0 Å². The first-order valence-corrected chi connectivity index (χ1v) is 11.3. The van der Waals surface area contributed by atoms with Crippen molar-refractivity contribution in [1.29, 1.82) is 0 Å². The Morgan fingerprint density at radius 2 is 1.36 bits per heavy atom. The van der Waals surface area contributed by atoms with Crippen LogP contribution < -0.4 is 0 Å². The molecule has 0 spiro atoms. The van der Waals surface area contributed by atoms with Crippen LogP contribution in [0.1, 0.15) is 79.1 Å². The summed E-state index contributed by atoms with van der Waals surface area (Å²) in [7, 11) is 0. The van der Waals surface area contributed by atoms with E-state index < -0.39 is 18.1 Å². The molecule has 0 rings (SSSR count). The van der Waals surface area contributed by atoms with E-state index in [0.29, 0.717) is 6.42 Å². The third-order valence-electron chi connectivity index (χ3n) is 3.80. The van der Waals surface area contributed by atoms with Crippen LogP contribution in [0.2, 0.25) is 0 Å². The van der Waals surface area contributed by atoms with Crippen LogP contribution in [0.4, 0.5) is 8.78 Å². The Balaban J connectivity index is 4.30. The molecule has 0 amide bonds. The summed E-state index contributed by atoms with van der Waals surface area (Å²) in [5, 5.41) is 0. The van der Waals surface area contributed by atoms with Crippen molar-refractivity contribution < 1.29 is 17.8 Å². The second-order valence-corrected chi connectivity index (χ2v) is 9.28. The Morgan fingerprint density at radius 1 is 0.909 bits per heavy atom. The maximum atomic E-state index is 14.6. The first-order valence-electron chi connectivity index (χ1n) is 8.62. The number of halogens is 2. The summed E-state index contributed by atoms with van der Waals surface area (Å²) in [6, 6.07) is 0. The van der Waals surface area contributed by atoms with Gasteiger partial charge in [-0.2, -0.15) is 8.78 Å². The van der Waals surface area contributed by atoms with Gasteiger partial charge in [-0.05, 0) is 32.1 Å². The van der Waals surface area contributed by atoms with Crippen LogP contribution in [0.15, 0.2) is 0 Å². The molecule has 1 unspecified atom stereocenters. The van der Waals surface area contributed by atoms with E-state index in [2.05, 4.69) is 6.92 Å². The van der Waals surface area contributed by atoms with Gasteiger partial charge in [-0.25, -0.2) is 0 Å². The van der Waals surface area contributed by atoms with E-state index in [1.807, 2.05) is 0 Å². The highest BCUT2D eigenvalue weighted by Crippen LogP contribution is 2.65. The fourth-order valence-corrected chi connectivity index (χ4v) is 5.34. The molecule has 0 aliphatic rings. The fourth-order valence-electron chi connectivity index (χ4n) is 2.40. The zero-order chi connectivity index (χ0) is 17.1. The first-order chi connectivity index (χ1) is 10.4. The third-order valence-corrected chi connectivity index (χ3v) is 7.53. The van der Waals surface area contributed by atoms with Crippen molar-refractivity contribution in [2.24, 2.45) is 5.92 Å². The molecule has 0 aliphatic carbocycles. The van der Waals surface area contributed by atoms with Crippen molar-refractivity contribution in [3.05, 3.63) is 0 Å². The van der Waals surface area contributed by atoms with Crippen LogP contribution in [-0.2, 0) is 20.9 Å². The lowest BCUT2D eigenvalue weighted by Crippen LogP contribution is -2.28. The average Bonchev–Trinajstić information content (AvgIpc) is 2.46. The molecular formula is C16H33F2O2PS. The van der Waals surface area contributed by atoms with Gasteiger partial charge in [0, 0.05) is 5.92 Å². The highest BCUT2D eigenvalue weighted by molar-refractivity contribution is 8.10. The van der Waals surface area contributed by atoms with Gasteiger partial charge in [-0.15, -0.1) is 0 Å². The monoisotopic (exact) mass is 358 g/mol. The van der Waals surface area contributed by atoms with Crippen molar-refractivity contribution in [2.75, 3.05) is 13.2 Å². The molecule has 6 heteroatoms. The molecule has 0 N–H and O–H groups in total. The molecule has 0 saturated carbocycles. The van der Waals surface area contributed by atoms with E-state index in [1.54, 1.807) is 20.8 Å². The number of hydrogen-bond acceptors (Lipinski definition) is 3. The van der Waals surface area contributed by atoms with Gasteiger partial charge in [0.2, 0.25) is 0 Å². The largest absolute Gasteiger partial charge is 0.326 e. The number of unbranched alkanes of at least 4 members (excludes halogenated alkanes) is 6. The number of hydrogen-bond donors (Lipinski definition) is 0. The molecule has 0 aromatic heterocycles. The summed E-state index contributed by atoms with van der Waals surface area (Å²) >= 11 is 5.08. The first kappa shape index (κ1) is 22.4. The average molecular weight is 358 g/mol. The van der Waals surface area contributed by atoms with Gasteiger partial charge in [-0.3, -0.25) is 0 Å². The molecular weight excluding hydrogens is 325 g/mol. The lowest BCUT2D eigenvalue weighted by Gasteiger charge is -2.33. The van der Waals surface area contributed by atoms with Crippen molar-refractivity contribution in [3.63, 3.8) is 0 Å². The molecule has 0 bridgehead atoms. The summed E-state index contributed by atoms with van der Waals surface area (Å²) in [4.78, 5) is 0. The SMILES string of the molecule is CCCCCCCCCC(C)C(F)(F)P(=S)(OCC)OCC. The highest BCUT2D eigenvalue weighted by Gasteiger charge is 2.52. The second-order valence-electron chi connectivity index (χ2n) is 5.73. The van der Waals surface area contributed by atoms with Gasteiger partial charge < -0.3 is 9.05 Å². The lowest BCUT2D eigenvalue weighted by atomic mass is 10.0. The molecule has 0 fully saturated rings.